The van der Waals surface area contributed by atoms with Crippen LogP contribution in [0.2, 0.25) is 0 Å². The second-order valence-corrected chi connectivity index (χ2v) is 16.6. The molecule has 4 aliphatic heterocycles. The summed E-state index contributed by atoms with van der Waals surface area (Å²) in [5.74, 6) is -0.938. The van der Waals surface area contributed by atoms with Crippen LogP contribution in [0.5, 0.6) is 0 Å². The average Bonchev–Trinajstić information content (AvgIpc) is 3.47. The summed E-state index contributed by atoms with van der Waals surface area (Å²) in [6.07, 6.45) is -2.54. The lowest BCUT2D eigenvalue weighted by molar-refractivity contribution is -0.273. The van der Waals surface area contributed by atoms with Gasteiger partial charge in [-0.2, -0.15) is 0 Å². The van der Waals surface area contributed by atoms with Crippen molar-refractivity contribution in [2.45, 2.75) is 116 Å². The molecule has 4 saturated heterocycles. The molecule has 1 amide bonds. The molecule has 0 aromatic heterocycles. The molecule has 0 aliphatic carbocycles. The van der Waals surface area contributed by atoms with Crippen molar-refractivity contribution in [1.29, 1.82) is 0 Å². The van der Waals surface area contributed by atoms with Crippen LogP contribution in [0, 0.1) is 11.8 Å². The molecule has 44 heavy (non-hydrogen) atoms. The fourth-order valence-electron chi connectivity index (χ4n) is 5.76. The summed E-state index contributed by atoms with van der Waals surface area (Å²) in [7, 11) is 1.63. The van der Waals surface area contributed by atoms with Gasteiger partial charge in [-0.05, 0) is 45.1 Å². The number of hydrogen-bond acceptors (Lipinski definition) is 10. The average molecular weight is 850 g/mol. The van der Waals surface area contributed by atoms with E-state index in [2.05, 4.69) is 64.3 Å². The molecule has 1 aromatic carbocycles. The van der Waals surface area contributed by atoms with Gasteiger partial charge in [0.1, 0.15) is 30.5 Å². The monoisotopic (exact) mass is 849 g/mol. The predicted molar refractivity (Wildman–Crippen MR) is 180 cm³/mol. The number of rotatable bonds is 7. The molecular weight excluding hydrogens is 800 g/mol. The van der Waals surface area contributed by atoms with Crippen molar-refractivity contribution < 1.29 is 47.8 Å². The number of amides is 1. The van der Waals surface area contributed by atoms with Crippen LogP contribution < -0.4 is 5.32 Å². The molecular formula is C31H49I2NO10. The summed E-state index contributed by atoms with van der Waals surface area (Å²) < 4.78 is 47.6. The Kier molecular flexibility index (Phi) is 15.0. The Morgan fingerprint density at radius 1 is 0.909 bits per heavy atom. The number of ether oxygens (including phenoxy) is 8. The van der Waals surface area contributed by atoms with Gasteiger partial charge < -0.3 is 48.3 Å². The van der Waals surface area contributed by atoms with Gasteiger partial charge in [-0.15, -0.1) is 0 Å². The Hall–Kier alpha value is -0.210. The molecule has 0 spiro atoms. The lowest BCUT2D eigenvalue weighted by Gasteiger charge is -2.44. The normalized spacial score (nSPS) is 36.5. The van der Waals surface area contributed by atoms with E-state index in [0.717, 1.165) is 5.56 Å². The third-order valence-corrected chi connectivity index (χ3v) is 8.01. The number of aliphatic hydroxyl groups excluding tert-OH is 1. The zero-order chi connectivity index (χ0) is 32.7. The number of methoxy groups -OCH3 is 1. The Balaban J connectivity index is 0.000000225. The standard InChI is InChI=1S/C18H27NO4.C12H20O6.CH2I2/c1-12-13(2)17(22-11-15-8-6-5-7-9-15)18(21-4)23-16(12)10-19-14(3)20;1-11(2)15-7-6(5-13)14-10-9(8(7)16-11)17-12(3,4)18-10;2-1-3/h5-9,12-13,16-18H,10-11H2,1-4H3,(H,19,20);6-10,13H,5H2,1-4H3;1H2. The highest BCUT2D eigenvalue weighted by Gasteiger charge is 2.60. The quantitative estimate of drug-likeness (QED) is 0.299. The largest absolute Gasteiger partial charge is 0.394 e. The molecule has 5 rings (SSSR count). The van der Waals surface area contributed by atoms with E-state index in [4.69, 9.17) is 37.9 Å². The van der Waals surface area contributed by atoms with Crippen LogP contribution >= 0.6 is 45.2 Å². The first-order valence-corrected chi connectivity index (χ1v) is 18.0. The minimum atomic E-state index is -0.708. The first kappa shape index (κ1) is 38.2. The number of hydrogen-bond donors (Lipinski definition) is 2. The SMILES string of the molecule is CC1(C)OC2OC(CO)C3OC(C)(C)OC3C2O1.COC1OC(CNC(C)=O)C(C)C(C)C1OCc1ccccc1.ICI. The Bertz CT molecular complexity index is 1020. The van der Waals surface area contributed by atoms with E-state index in [1.54, 1.807) is 7.11 Å². The zero-order valence-electron chi connectivity index (χ0n) is 26.9. The highest BCUT2D eigenvalue weighted by atomic mass is 127. The number of alkyl halides is 2. The van der Waals surface area contributed by atoms with E-state index < -0.39 is 30.3 Å². The maximum atomic E-state index is 11.1. The summed E-state index contributed by atoms with van der Waals surface area (Å²) in [4.78, 5) is 11.1. The van der Waals surface area contributed by atoms with Gasteiger partial charge in [0.25, 0.3) is 0 Å². The second-order valence-electron chi connectivity index (χ2n) is 12.2. The van der Waals surface area contributed by atoms with E-state index in [1.165, 1.54) is 9.36 Å². The number of benzene rings is 1. The molecule has 0 radical (unpaired) electrons. The molecule has 13 heteroatoms. The fraction of sp³-hybridized carbons (Fsp3) is 0.774. The second kappa shape index (κ2) is 17.3. The topological polar surface area (TPSA) is 123 Å². The number of aliphatic hydroxyl groups is 1. The summed E-state index contributed by atoms with van der Waals surface area (Å²) in [6.45, 7) is 14.0. The van der Waals surface area contributed by atoms with E-state index in [-0.39, 0.29) is 54.9 Å². The Morgan fingerprint density at radius 3 is 2.09 bits per heavy atom. The molecule has 252 valence electrons. The van der Waals surface area contributed by atoms with Crippen LogP contribution in [0.15, 0.2) is 30.3 Å². The van der Waals surface area contributed by atoms with Gasteiger partial charge in [-0.25, -0.2) is 0 Å². The Labute approximate surface area is 288 Å². The van der Waals surface area contributed by atoms with Crippen molar-refractivity contribution in [3.8, 4) is 0 Å². The molecule has 10 unspecified atom stereocenters. The van der Waals surface area contributed by atoms with Crippen molar-refractivity contribution >= 4 is 51.1 Å². The molecule has 4 fully saturated rings. The number of carbonyl (C=O) groups excluding carboxylic acids is 1. The van der Waals surface area contributed by atoms with Crippen LogP contribution in [0.3, 0.4) is 0 Å². The molecule has 0 bridgehead atoms. The number of nitrogens with one attached hydrogen (secondary N) is 1. The molecule has 2 N–H and O–H groups in total. The summed E-state index contributed by atoms with van der Waals surface area (Å²) in [5, 5.41) is 12.2. The minimum absolute atomic E-state index is 0.0510. The third kappa shape index (κ3) is 10.4. The van der Waals surface area contributed by atoms with Gasteiger partial charge in [-0.3, -0.25) is 4.79 Å². The fourth-order valence-corrected chi connectivity index (χ4v) is 5.76. The van der Waals surface area contributed by atoms with E-state index in [1.807, 2.05) is 58.0 Å². The lowest BCUT2D eigenvalue weighted by atomic mass is 9.83. The lowest BCUT2D eigenvalue weighted by Crippen LogP contribution is -2.56. The zero-order valence-corrected chi connectivity index (χ0v) is 31.2. The van der Waals surface area contributed by atoms with E-state index in [9.17, 15) is 9.90 Å². The van der Waals surface area contributed by atoms with Crippen molar-refractivity contribution in [3.05, 3.63) is 35.9 Å². The third-order valence-electron chi connectivity index (χ3n) is 8.01. The van der Waals surface area contributed by atoms with Crippen LogP contribution in [-0.4, -0.2) is 94.5 Å². The maximum absolute atomic E-state index is 11.1. The molecule has 0 saturated carbocycles. The van der Waals surface area contributed by atoms with Crippen molar-refractivity contribution in [2.75, 3.05) is 22.7 Å². The highest BCUT2D eigenvalue weighted by Crippen LogP contribution is 2.44. The van der Waals surface area contributed by atoms with Gasteiger partial charge in [0.15, 0.2) is 24.2 Å². The van der Waals surface area contributed by atoms with Gasteiger partial charge in [0.2, 0.25) is 5.91 Å². The van der Waals surface area contributed by atoms with Crippen LogP contribution in [-0.2, 0) is 49.3 Å². The van der Waals surface area contributed by atoms with Crippen LogP contribution in [0.1, 0.15) is 54.0 Å². The van der Waals surface area contributed by atoms with Crippen LogP contribution in [0.4, 0.5) is 0 Å². The molecule has 11 nitrogen and oxygen atoms in total. The van der Waals surface area contributed by atoms with Gasteiger partial charge in [-0.1, -0.05) is 89.4 Å². The molecule has 4 heterocycles. The minimum Gasteiger partial charge on any atom is -0.394 e. The smallest absolute Gasteiger partial charge is 0.216 e. The molecule has 4 aliphatic rings. The van der Waals surface area contributed by atoms with Gasteiger partial charge in [0, 0.05) is 20.6 Å². The first-order valence-electron chi connectivity index (χ1n) is 14.9. The van der Waals surface area contributed by atoms with Crippen LogP contribution in [0.25, 0.3) is 0 Å². The predicted octanol–water partition coefficient (Wildman–Crippen LogP) is 4.54. The maximum Gasteiger partial charge on any atom is 0.216 e. The summed E-state index contributed by atoms with van der Waals surface area (Å²) >= 11 is 4.55. The van der Waals surface area contributed by atoms with E-state index in [0.29, 0.717) is 13.2 Å². The van der Waals surface area contributed by atoms with Gasteiger partial charge in [0.05, 0.1) is 21.8 Å². The van der Waals surface area contributed by atoms with Crippen molar-refractivity contribution in [3.63, 3.8) is 0 Å². The first-order chi connectivity index (χ1) is 20.8. The highest BCUT2D eigenvalue weighted by molar-refractivity contribution is 14.2. The molecule has 1 aromatic rings. The van der Waals surface area contributed by atoms with E-state index >= 15 is 0 Å². The number of halogens is 2. The summed E-state index contributed by atoms with van der Waals surface area (Å²) in [6, 6.07) is 10.1. The number of carbonyl (C=O) groups is 1. The Morgan fingerprint density at radius 2 is 1.50 bits per heavy atom. The molecule has 10 atom stereocenters. The summed E-state index contributed by atoms with van der Waals surface area (Å²) in [5.41, 5.74) is 1.13. The number of fused-ring (bicyclic) bond motifs is 3. The van der Waals surface area contributed by atoms with Crippen molar-refractivity contribution in [2.24, 2.45) is 11.8 Å². The van der Waals surface area contributed by atoms with Crippen molar-refractivity contribution in [1.82, 2.24) is 5.32 Å². The van der Waals surface area contributed by atoms with Gasteiger partial charge >= 0.3 is 0 Å².